The number of benzene rings is 2. The summed E-state index contributed by atoms with van der Waals surface area (Å²) >= 11 is 0. The van der Waals surface area contributed by atoms with E-state index in [0.717, 1.165) is 36.0 Å². The number of hydrogen-bond acceptors (Lipinski definition) is 4. The number of hydrogen-bond donors (Lipinski definition) is 1. The van der Waals surface area contributed by atoms with Gasteiger partial charge in [-0.3, -0.25) is 0 Å². The van der Waals surface area contributed by atoms with Crippen molar-refractivity contribution in [3.63, 3.8) is 0 Å². The highest BCUT2D eigenvalue weighted by molar-refractivity contribution is 5.32. The molecule has 0 aliphatic carbocycles. The molecule has 0 spiro atoms. The van der Waals surface area contributed by atoms with Gasteiger partial charge in [0.05, 0.1) is 7.11 Å². The van der Waals surface area contributed by atoms with Crippen molar-refractivity contribution < 1.29 is 14.2 Å². The van der Waals surface area contributed by atoms with Crippen LogP contribution in [-0.4, -0.2) is 26.3 Å². The van der Waals surface area contributed by atoms with E-state index in [0.29, 0.717) is 12.6 Å². The van der Waals surface area contributed by atoms with Crippen molar-refractivity contribution in [2.24, 2.45) is 0 Å². The van der Waals surface area contributed by atoms with Crippen LogP contribution in [0.3, 0.4) is 0 Å². The summed E-state index contributed by atoms with van der Waals surface area (Å²) in [6.45, 7) is 2.35. The molecule has 2 aromatic carbocycles. The smallest absolute Gasteiger partial charge is 0.120 e. The normalized spacial score (nSPS) is 17.0. The average Bonchev–Trinajstić information content (AvgIpc) is 3.13. The van der Waals surface area contributed by atoms with Gasteiger partial charge in [0, 0.05) is 6.04 Å². The van der Waals surface area contributed by atoms with Gasteiger partial charge in [-0.1, -0.05) is 12.1 Å². The van der Waals surface area contributed by atoms with Crippen LogP contribution in [0.2, 0.25) is 0 Å². The highest BCUT2D eigenvalue weighted by atomic mass is 16.5. The minimum atomic E-state index is 0.485. The maximum absolute atomic E-state index is 5.80. The van der Waals surface area contributed by atoms with E-state index < -0.39 is 0 Å². The lowest BCUT2D eigenvalue weighted by Crippen LogP contribution is -2.28. The van der Waals surface area contributed by atoms with E-state index in [9.17, 15) is 0 Å². The van der Waals surface area contributed by atoms with Crippen molar-refractivity contribution in [3.05, 3.63) is 54.1 Å². The maximum Gasteiger partial charge on any atom is 0.120 e. The maximum atomic E-state index is 5.80. The molecule has 122 valence electrons. The fraction of sp³-hybridized carbons (Fsp3) is 0.368. The van der Waals surface area contributed by atoms with Crippen molar-refractivity contribution in [1.29, 1.82) is 0 Å². The molecule has 23 heavy (non-hydrogen) atoms. The van der Waals surface area contributed by atoms with Gasteiger partial charge in [-0.15, -0.1) is 0 Å². The predicted molar refractivity (Wildman–Crippen MR) is 90.3 cm³/mol. The van der Waals surface area contributed by atoms with Crippen molar-refractivity contribution in [2.75, 3.05) is 20.3 Å². The van der Waals surface area contributed by atoms with Crippen LogP contribution in [-0.2, 0) is 6.61 Å². The van der Waals surface area contributed by atoms with E-state index in [1.807, 2.05) is 48.5 Å². The number of ether oxygens (including phenoxy) is 3. The summed E-state index contributed by atoms with van der Waals surface area (Å²) in [5.74, 6) is 2.56. The first-order valence-electron chi connectivity index (χ1n) is 8.05. The van der Waals surface area contributed by atoms with Crippen LogP contribution in [0.5, 0.6) is 17.2 Å². The zero-order valence-electron chi connectivity index (χ0n) is 13.5. The van der Waals surface area contributed by atoms with Crippen LogP contribution < -0.4 is 19.5 Å². The lowest BCUT2D eigenvalue weighted by atomic mass is 10.2. The van der Waals surface area contributed by atoms with E-state index in [1.54, 1.807) is 7.11 Å². The Morgan fingerprint density at radius 3 is 2.48 bits per heavy atom. The van der Waals surface area contributed by atoms with Crippen molar-refractivity contribution in [3.8, 4) is 17.2 Å². The van der Waals surface area contributed by atoms with Crippen LogP contribution >= 0.6 is 0 Å². The predicted octanol–water partition coefficient (Wildman–Crippen LogP) is 3.41. The number of nitrogens with one attached hydrogen (secondary N) is 1. The molecule has 1 unspecified atom stereocenters. The highest BCUT2D eigenvalue weighted by Crippen LogP contribution is 2.20. The largest absolute Gasteiger partial charge is 0.497 e. The fourth-order valence-corrected chi connectivity index (χ4v) is 2.66. The van der Waals surface area contributed by atoms with Gasteiger partial charge in [0.15, 0.2) is 0 Å². The minimum Gasteiger partial charge on any atom is -0.497 e. The molecule has 1 aliphatic rings. The van der Waals surface area contributed by atoms with Gasteiger partial charge >= 0.3 is 0 Å². The molecule has 0 amide bonds. The second kappa shape index (κ2) is 7.88. The van der Waals surface area contributed by atoms with Gasteiger partial charge in [-0.25, -0.2) is 0 Å². The van der Waals surface area contributed by atoms with Crippen LogP contribution in [0, 0.1) is 0 Å². The van der Waals surface area contributed by atoms with Gasteiger partial charge < -0.3 is 19.5 Å². The minimum absolute atomic E-state index is 0.485. The molecule has 1 aliphatic heterocycles. The molecule has 3 rings (SSSR count). The first-order chi connectivity index (χ1) is 11.3. The summed E-state index contributed by atoms with van der Waals surface area (Å²) < 4.78 is 16.8. The molecule has 1 N–H and O–H groups in total. The van der Waals surface area contributed by atoms with E-state index in [2.05, 4.69) is 5.32 Å². The SMILES string of the molecule is COc1cccc(COc2ccc(OCC3CCCN3)cc2)c1. The van der Waals surface area contributed by atoms with E-state index >= 15 is 0 Å². The highest BCUT2D eigenvalue weighted by Gasteiger charge is 2.14. The molecular weight excluding hydrogens is 290 g/mol. The fourth-order valence-electron chi connectivity index (χ4n) is 2.66. The molecule has 0 bridgehead atoms. The monoisotopic (exact) mass is 313 g/mol. The second-order valence-electron chi connectivity index (χ2n) is 5.72. The third kappa shape index (κ3) is 4.63. The van der Waals surface area contributed by atoms with Crippen LogP contribution in [0.1, 0.15) is 18.4 Å². The topological polar surface area (TPSA) is 39.7 Å². The Morgan fingerprint density at radius 1 is 1.00 bits per heavy atom. The number of rotatable bonds is 7. The average molecular weight is 313 g/mol. The Morgan fingerprint density at radius 2 is 1.78 bits per heavy atom. The molecule has 0 saturated carbocycles. The van der Waals surface area contributed by atoms with E-state index in [1.165, 1.54) is 12.8 Å². The molecule has 4 nitrogen and oxygen atoms in total. The van der Waals surface area contributed by atoms with Crippen LogP contribution in [0.4, 0.5) is 0 Å². The van der Waals surface area contributed by atoms with Crippen LogP contribution in [0.15, 0.2) is 48.5 Å². The zero-order valence-corrected chi connectivity index (χ0v) is 13.5. The summed E-state index contributed by atoms with van der Waals surface area (Å²) in [6.07, 6.45) is 2.44. The van der Waals surface area contributed by atoms with Crippen LogP contribution in [0.25, 0.3) is 0 Å². The second-order valence-corrected chi connectivity index (χ2v) is 5.72. The van der Waals surface area contributed by atoms with E-state index in [-0.39, 0.29) is 0 Å². The Hall–Kier alpha value is -2.20. The van der Waals surface area contributed by atoms with Crippen molar-refractivity contribution in [1.82, 2.24) is 5.32 Å². The number of methoxy groups -OCH3 is 1. The lowest BCUT2D eigenvalue weighted by molar-refractivity contribution is 0.275. The van der Waals surface area contributed by atoms with Crippen molar-refractivity contribution in [2.45, 2.75) is 25.5 Å². The summed E-state index contributed by atoms with van der Waals surface area (Å²) in [5.41, 5.74) is 1.08. The van der Waals surface area contributed by atoms with Crippen molar-refractivity contribution >= 4 is 0 Å². The standard InChI is InChI=1S/C19H23NO3/c1-21-19-6-2-4-15(12-19)13-22-17-7-9-18(10-8-17)23-14-16-5-3-11-20-16/h2,4,6-10,12,16,20H,3,5,11,13-14H2,1H3. The third-order valence-corrected chi connectivity index (χ3v) is 3.98. The molecule has 1 saturated heterocycles. The summed E-state index contributed by atoms with van der Waals surface area (Å²) in [5, 5.41) is 3.43. The van der Waals surface area contributed by atoms with Gasteiger partial charge in [0.1, 0.15) is 30.5 Å². The molecule has 1 atom stereocenters. The summed E-state index contributed by atoms with van der Waals surface area (Å²) in [7, 11) is 1.67. The molecule has 0 radical (unpaired) electrons. The molecule has 4 heteroatoms. The van der Waals surface area contributed by atoms with Gasteiger partial charge in [0.25, 0.3) is 0 Å². The molecule has 0 aromatic heterocycles. The van der Waals surface area contributed by atoms with Gasteiger partial charge in [0.2, 0.25) is 0 Å². The lowest BCUT2D eigenvalue weighted by Gasteiger charge is -2.12. The quantitative estimate of drug-likeness (QED) is 0.850. The first kappa shape index (κ1) is 15.7. The van der Waals surface area contributed by atoms with Gasteiger partial charge in [-0.05, 0) is 61.3 Å². The first-order valence-corrected chi connectivity index (χ1v) is 8.05. The summed E-state index contributed by atoms with van der Waals surface area (Å²) in [4.78, 5) is 0. The molecular formula is C19H23NO3. The molecule has 1 fully saturated rings. The summed E-state index contributed by atoms with van der Waals surface area (Å²) in [6, 6.07) is 16.2. The molecule has 1 heterocycles. The Kier molecular flexibility index (Phi) is 5.37. The Bertz CT molecular complexity index is 606. The Balaban J connectivity index is 1.48. The van der Waals surface area contributed by atoms with E-state index in [4.69, 9.17) is 14.2 Å². The van der Waals surface area contributed by atoms with Gasteiger partial charge in [-0.2, -0.15) is 0 Å². The third-order valence-electron chi connectivity index (χ3n) is 3.98. The zero-order chi connectivity index (χ0) is 15.9. The Labute approximate surface area is 137 Å². The molecule has 2 aromatic rings.